The van der Waals surface area contributed by atoms with Gasteiger partial charge in [-0.1, -0.05) is 31.9 Å². The standard InChI is InChI=1S/C25H21Br2N3O4/c1-12-10-13(26)7-9-17(12)30-18-4-3-5-19(31)20(18)25(21(22(30)28)23(32)34-2)15-11-14(27)6-8-16(15)29-24(25)33/h6-11H,3-5,28H2,1-2H3,(H,29,33). The van der Waals surface area contributed by atoms with Crippen LogP contribution in [0.3, 0.4) is 0 Å². The third kappa shape index (κ3) is 3.03. The second-order valence-electron chi connectivity index (χ2n) is 8.51. The predicted octanol–water partition coefficient (Wildman–Crippen LogP) is 4.58. The molecule has 3 aliphatic rings. The maximum Gasteiger partial charge on any atom is 0.339 e. The Morgan fingerprint density at radius 2 is 1.82 bits per heavy atom. The Kier molecular flexibility index (Phi) is 5.44. The van der Waals surface area contributed by atoms with Crippen molar-refractivity contribution in [3.63, 3.8) is 0 Å². The lowest BCUT2D eigenvalue weighted by molar-refractivity contribution is -0.138. The van der Waals surface area contributed by atoms with Gasteiger partial charge in [-0.3, -0.25) is 14.5 Å². The van der Waals surface area contributed by atoms with Gasteiger partial charge in [0.05, 0.1) is 12.8 Å². The van der Waals surface area contributed by atoms with Crippen LogP contribution in [-0.4, -0.2) is 24.8 Å². The first-order chi connectivity index (χ1) is 16.2. The summed E-state index contributed by atoms with van der Waals surface area (Å²) in [6.45, 7) is 1.93. The number of anilines is 2. The molecule has 2 aliphatic heterocycles. The quantitative estimate of drug-likeness (QED) is 0.500. The lowest BCUT2D eigenvalue weighted by atomic mass is 9.63. The van der Waals surface area contributed by atoms with Gasteiger partial charge in [-0.15, -0.1) is 0 Å². The third-order valence-electron chi connectivity index (χ3n) is 6.67. The highest BCUT2D eigenvalue weighted by molar-refractivity contribution is 9.10. The van der Waals surface area contributed by atoms with Crippen LogP contribution in [0.1, 0.15) is 30.4 Å². The first-order valence-electron chi connectivity index (χ1n) is 10.7. The fourth-order valence-electron chi connectivity index (χ4n) is 5.33. The topological polar surface area (TPSA) is 102 Å². The van der Waals surface area contributed by atoms with E-state index in [9.17, 15) is 14.4 Å². The number of ether oxygens (including phenoxy) is 1. The Labute approximate surface area is 213 Å². The summed E-state index contributed by atoms with van der Waals surface area (Å²) in [6, 6.07) is 11.0. The molecule has 3 N–H and O–H groups in total. The number of hydrogen-bond donors (Lipinski definition) is 2. The first-order valence-corrected chi connectivity index (χ1v) is 12.3. The number of methoxy groups -OCH3 is 1. The van der Waals surface area contributed by atoms with E-state index in [1.807, 2.05) is 25.1 Å². The van der Waals surface area contributed by atoms with Gasteiger partial charge < -0.3 is 15.8 Å². The van der Waals surface area contributed by atoms with E-state index in [-0.39, 0.29) is 29.2 Å². The molecule has 1 spiro atoms. The average molecular weight is 587 g/mol. The number of fused-ring (bicyclic) bond motifs is 3. The molecule has 1 atom stereocenters. The Morgan fingerprint density at radius 3 is 2.53 bits per heavy atom. The highest BCUT2D eigenvalue weighted by atomic mass is 79.9. The molecule has 0 saturated heterocycles. The van der Waals surface area contributed by atoms with E-state index in [1.165, 1.54) is 7.11 Å². The van der Waals surface area contributed by atoms with Gasteiger partial charge in [0.1, 0.15) is 16.8 Å². The number of nitrogens with one attached hydrogen (secondary N) is 1. The molecule has 174 valence electrons. The second-order valence-corrected chi connectivity index (χ2v) is 10.3. The largest absolute Gasteiger partial charge is 0.466 e. The van der Waals surface area contributed by atoms with Crippen LogP contribution in [0.2, 0.25) is 0 Å². The molecule has 7 nitrogen and oxygen atoms in total. The summed E-state index contributed by atoms with van der Waals surface area (Å²) in [6.07, 6.45) is 1.43. The molecule has 1 amide bonds. The Morgan fingerprint density at radius 1 is 1.12 bits per heavy atom. The normalized spacial score (nSPS) is 21.6. The minimum atomic E-state index is -1.69. The van der Waals surface area contributed by atoms with Gasteiger partial charge in [0.15, 0.2) is 5.78 Å². The van der Waals surface area contributed by atoms with E-state index in [0.29, 0.717) is 34.3 Å². The summed E-state index contributed by atoms with van der Waals surface area (Å²) in [5.74, 6) is -1.35. The highest BCUT2D eigenvalue weighted by Crippen LogP contribution is 2.56. The van der Waals surface area contributed by atoms with Crippen molar-refractivity contribution >= 4 is 60.9 Å². The molecular formula is C25H21Br2N3O4. The molecular weight excluding hydrogens is 566 g/mol. The number of amides is 1. The Balaban J connectivity index is 1.93. The number of hydrogen-bond acceptors (Lipinski definition) is 6. The molecule has 2 aromatic carbocycles. The summed E-state index contributed by atoms with van der Waals surface area (Å²) in [4.78, 5) is 42.5. The van der Waals surface area contributed by atoms with Gasteiger partial charge in [-0.2, -0.15) is 0 Å². The SMILES string of the molecule is COC(=O)C1=C(N)N(c2ccc(Br)cc2C)C2=C(C(=O)CCC2)C12C(=O)Nc1ccc(Br)cc12. The van der Waals surface area contributed by atoms with Crippen LogP contribution in [0.15, 0.2) is 68.0 Å². The number of nitrogens with two attached hydrogens (primary N) is 1. The maximum atomic E-state index is 13.8. The minimum absolute atomic E-state index is 0.0549. The molecule has 2 aromatic rings. The number of ketones is 1. The third-order valence-corrected chi connectivity index (χ3v) is 7.65. The smallest absolute Gasteiger partial charge is 0.339 e. The zero-order valence-electron chi connectivity index (χ0n) is 18.5. The lowest BCUT2D eigenvalue weighted by Gasteiger charge is -2.44. The van der Waals surface area contributed by atoms with Gasteiger partial charge >= 0.3 is 5.97 Å². The van der Waals surface area contributed by atoms with Gasteiger partial charge in [-0.25, -0.2) is 4.79 Å². The summed E-state index contributed by atoms with van der Waals surface area (Å²) < 4.78 is 6.75. The molecule has 0 radical (unpaired) electrons. The zero-order chi connectivity index (χ0) is 24.4. The number of nitrogens with zero attached hydrogens (tertiary/aromatic N) is 1. The van der Waals surface area contributed by atoms with E-state index in [4.69, 9.17) is 10.5 Å². The molecule has 34 heavy (non-hydrogen) atoms. The fraction of sp³-hybridized carbons (Fsp3) is 0.240. The van der Waals surface area contributed by atoms with Crippen LogP contribution >= 0.6 is 31.9 Å². The first kappa shape index (κ1) is 22.9. The molecule has 5 rings (SSSR count). The molecule has 1 aliphatic carbocycles. The summed E-state index contributed by atoms with van der Waals surface area (Å²) in [7, 11) is 1.24. The highest BCUT2D eigenvalue weighted by Gasteiger charge is 2.62. The lowest BCUT2D eigenvalue weighted by Crippen LogP contribution is -2.53. The molecule has 1 unspecified atom stereocenters. The number of rotatable bonds is 2. The van der Waals surface area contributed by atoms with Crippen LogP contribution in [0.25, 0.3) is 0 Å². The monoisotopic (exact) mass is 585 g/mol. The number of halogens is 2. The molecule has 0 fully saturated rings. The van der Waals surface area contributed by atoms with Crippen molar-refractivity contribution in [2.45, 2.75) is 31.6 Å². The van der Waals surface area contributed by atoms with Crippen LogP contribution in [-0.2, 0) is 24.5 Å². The number of aryl methyl sites for hydroxylation is 1. The van der Waals surface area contributed by atoms with Crippen molar-refractivity contribution in [3.05, 3.63) is 79.1 Å². The zero-order valence-corrected chi connectivity index (χ0v) is 21.7. The minimum Gasteiger partial charge on any atom is -0.466 e. The van der Waals surface area contributed by atoms with Crippen molar-refractivity contribution in [2.24, 2.45) is 5.73 Å². The average Bonchev–Trinajstić information content (AvgIpc) is 3.06. The van der Waals surface area contributed by atoms with E-state index < -0.39 is 17.3 Å². The Bertz CT molecular complexity index is 1360. The van der Waals surface area contributed by atoms with Gasteiger partial charge in [0, 0.05) is 37.9 Å². The van der Waals surface area contributed by atoms with E-state index in [1.54, 1.807) is 23.1 Å². The molecule has 0 aromatic heterocycles. The van der Waals surface area contributed by atoms with Crippen molar-refractivity contribution in [2.75, 3.05) is 17.3 Å². The van der Waals surface area contributed by atoms with Crippen molar-refractivity contribution in [1.29, 1.82) is 0 Å². The van der Waals surface area contributed by atoms with Gasteiger partial charge in [0.2, 0.25) is 5.91 Å². The van der Waals surface area contributed by atoms with E-state index in [0.717, 1.165) is 15.7 Å². The summed E-state index contributed by atoms with van der Waals surface area (Å²) in [5, 5.41) is 2.87. The van der Waals surface area contributed by atoms with E-state index in [2.05, 4.69) is 37.2 Å². The van der Waals surface area contributed by atoms with Crippen molar-refractivity contribution in [3.8, 4) is 0 Å². The van der Waals surface area contributed by atoms with Gasteiger partial charge in [-0.05, 0) is 61.7 Å². The van der Waals surface area contributed by atoms with E-state index >= 15 is 0 Å². The molecule has 0 bridgehead atoms. The van der Waals surface area contributed by atoms with Gasteiger partial charge in [0.25, 0.3) is 0 Å². The second kappa shape index (κ2) is 8.09. The predicted molar refractivity (Wildman–Crippen MR) is 135 cm³/mol. The Hall–Kier alpha value is -2.91. The number of carbonyl (C=O) groups is 3. The molecule has 9 heteroatoms. The van der Waals surface area contributed by atoms with Crippen molar-refractivity contribution < 1.29 is 19.1 Å². The summed E-state index contributed by atoms with van der Waals surface area (Å²) in [5.41, 5.74) is 8.58. The van der Waals surface area contributed by atoms with Crippen LogP contribution in [0, 0.1) is 6.92 Å². The number of benzene rings is 2. The van der Waals surface area contributed by atoms with Crippen LogP contribution < -0.4 is 16.0 Å². The number of allylic oxidation sites excluding steroid dienone is 1. The maximum absolute atomic E-state index is 13.8. The van der Waals surface area contributed by atoms with Crippen LogP contribution in [0.5, 0.6) is 0 Å². The van der Waals surface area contributed by atoms with Crippen molar-refractivity contribution in [1.82, 2.24) is 0 Å². The fourth-order valence-corrected chi connectivity index (χ4v) is 6.16. The molecule has 2 heterocycles. The molecule has 0 saturated carbocycles. The summed E-state index contributed by atoms with van der Waals surface area (Å²) >= 11 is 6.96. The number of esters is 1. The van der Waals surface area contributed by atoms with Crippen LogP contribution in [0.4, 0.5) is 11.4 Å². The number of carbonyl (C=O) groups excluding carboxylic acids is 3. The number of Topliss-reactive ketones (excluding diaryl/α,β-unsaturated/α-hetero) is 1.